The van der Waals surface area contributed by atoms with Crippen molar-refractivity contribution in [2.75, 3.05) is 33.9 Å². The van der Waals surface area contributed by atoms with Gasteiger partial charge in [-0.2, -0.15) is 0 Å². The quantitative estimate of drug-likeness (QED) is 0.583. The molecule has 1 aromatic carbocycles. The van der Waals surface area contributed by atoms with Crippen LogP contribution in [0.1, 0.15) is 40.0 Å². The third-order valence-electron chi connectivity index (χ3n) is 4.66. The zero-order chi connectivity index (χ0) is 20.4. The Balaban J connectivity index is 2.69. The first-order valence-electron chi connectivity index (χ1n) is 9.32. The van der Waals surface area contributed by atoms with Crippen LogP contribution in [0.15, 0.2) is 23.1 Å². The molecule has 0 saturated carbocycles. The summed E-state index contributed by atoms with van der Waals surface area (Å²) in [6.07, 6.45) is 2.17. The summed E-state index contributed by atoms with van der Waals surface area (Å²) >= 11 is 0. The van der Waals surface area contributed by atoms with Crippen LogP contribution in [0.25, 0.3) is 0 Å². The van der Waals surface area contributed by atoms with Crippen molar-refractivity contribution in [3.8, 4) is 11.5 Å². The molecule has 0 unspecified atom stereocenters. The number of benzene rings is 1. The van der Waals surface area contributed by atoms with Crippen molar-refractivity contribution in [3.05, 3.63) is 18.2 Å². The molecule has 1 aromatic rings. The van der Waals surface area contributed by atoms with Gasteiger partial charge in [-0.3, -0.25) is 4.79 Å². The Bertz CT molecular complexity index is 702. The fourth-order valence-corrected chi connectivity index (χ4v) is 3.83. The molecule has 1 rings (SSSR count). The van der Waals surface area contributed by atoms with Gasteiger partial charge in [0.1, 0.15) is 0 Å². The van der Waals surface area contributed by atoms with Crippen molar-refractivity contribution in [3.63, 3.8) is 0 Å². The number of carbonyl (C=O) groups is 1. The second-order valence-corrected chi connectivity index (χ2v) is 8.05. The Morgan fingerprint density at radius 2 is 1.74 bits per heavy atom. The lowest BCUT2D eigenvalue weighted by Crippen LogP contribution is -2.37. The summed E-state index contributed by atoms with van der Waals surface area (Å²) in [5, 5.41) is 0. The maximum absolute atomic E-state index is 12.5. The molecule has 0 aliphatic rings. The van der Waals surface area contributed by atoms with Crippen molar-refractivity contribution in [2.24, 2.45) is 5.92 Å². The summed E-state index contributed by atoms with van der Waals surface area (Å²) in [7, 11) is -0.807. The molecule has 154 valence electrons. The van der Waals surface area contributed by atoms with E-state index in [4.69, 9.17) is 9.47 Å². The smallest absolute Gasteiger partial charge is 0.240 e. The molecule has 0 aliphatic carbocycles. The van der Waals surface area contributed by atoms with Gasteiger partial charge in [0.15, 0.2) is 11.5 Å². The molecule has 0 aromatic heterocycles. The molecule has 1 amide bonds. The highest BCUT2D eigenvalue weighted by atomic mass is 32.2. The van der Waals surface area contributed by atoms with Crippen molar-refractivity contribution in [2.45, 2.75) is 44.9 Å². The van der Waals surface area contributed by atoms with Gasteiger partial charge in [0.25, 0.3) is 0 Å². The normalized spacial score (nSPS) is 11.5. The summed E-state index contributed by atoms with van der Waals surface area (Å²) in [5.41, 5.74) is 0. The lowest BCUT2D eigenvalue weighted by Gasteiger charge is -2.25. The van der Waals surface area contributed by atoms with E-state index in [1.165, 1.54) is 32.4 Å². The van der Waals surface area contributed by atoms with E-state index in [0.717, 1.165) is 12.8 Å². The predicted molar refractivity (Wildman–Crippen MR) is 106 cm³/mol. The molecule has 0 saturated heterocycles. The zero-order valence-electron chi connectivity index (χ0n) is 16.9. The number of rotatable bonds is 12. The molecular formula is C19H32N2O5S. The first-order valence-corrected chi connectivity index (χ1v) is 10.8. The van der Waals surface area contributed by atoms with Crippen molar-refractivity contribution >= 4 is 15.9 Å². The maximum Gasteiger partial charge on any atom is 0.240 e. The summed E-state index contributed by atoms with van der Waals surface area (Å²) in [6.45, 7) is 7.55. The lowest BCUT2D eigenvalue weighted by atomic mass is 10.0. The second kappa shape index (κ2) is 11.1. The van der Waals surface area contributed by atoms with Gasteiger partial charge in [-0.25, -0.2) is 13.1 Å². The van der Waals surface area contributed by atoms with Crippen molar-refractivity contribution < 1.29 is 22.7 Å². The third kappa shape index (κ3) is 6.70. The van der Waals surface area contributed by atoms with E-state index in [0.29, 0.717) is 30.5 Å². The largest absolute Gasteiger partial charge is 0.493 e. The number of nitrogens with one attached hydrogen (secondary N) is 1. The van der Waals surface area contributed by atoms with Gasteiger partial charge in [-0.15, -0.1) is 0 Å². The van der Waals surface area contributed by atoms with Crippen molar-refractivity contribution in [1.29, 1.82) is 0 Å². The fourth-order valence-electron chi connectivity index (χ4n) is 2.78. The summed E-state index contributed by atoms with van der Waals surface area (Å²) in [6, 6.07) is 4.37. The highest BCUT2D eigenvalue weighted by molar-refractivity contribution is 7.89. The van der Waals surface area contributed by atoms with E-state index in [9.17, 15) is 13.2 Å². The zero-order valence-corrected chi connectivity index (χ0v) is 17.8. The van der Waals surface area contributed by atoms with E-state index >= 15 is 0 Å². The monoisotopic (exact) mass is 400 g/mol. The van der Waals surface area contributed by atoms with Gasteiger partial charge in [0, 0.05) is 32.1 Å². The minimum absolute atomic E-state index is 0.0422. The van der Waals surface area contributed by atoms with Crippen LogP contribution < -0.4 is 14.2 Å². The Hall–Kier alpha value is -1.80. The van der Waals surface area contributed by atoms with Crippen LogP contribution in [0, 0.1) is 5.92 Å². The van der Waals surface area contributed by atoms with E-state index in [2.05, 4.69) is 18.6 Å². The van der Waals surface area contributed by atoms with Crippen LogP contribution >= 0.6 is 0 Å². The van der Waals surface area contributed by atoms with Gasteiger partial charge in [0.05, 0.1) is 19.1 Å². The first-order chi connectivity index (χ1) is 12.8. The highest BCUT2D eigenvalue weighted by Crippen LogP contribution is 2.29. The lowest BCUT2D eigenvalue weighted by molar-refractivity contribution is -0.131. The fraction of sp³-hybridized carbons (Fsp3) is 0.632. The molecule has 0 fully saturated rings. The van der Waals surface area contributed by atoms with Gasteiger partial charge in [-0.05, 0) is 25.0 Å². The minimum atomic E-state index is -3.73. The van der Waals surface area contributed by atoms with Crippen LogP contribution in [0.2, 0.25) is 0 Å². The van der Waals surface area contributed by atoms with Crippen LogP contribution in [0.3, 0.4) is 0 Å². The van der Waals surface area contributed by atoms with E-state index in [-0.39, 0.29) is 23.8 Å². The van der Waals surface area contributed by atoms with Crippen LogP contribution in [-0.2, 0) is 14.8 Å². The standard InChI is InChI=1S/C19H32N2O5S/c1-6-15(7-2)14-21(8-3)19(22)11-12-20-27(23,24)16-9-10-17(25-4)18(13-16)26-5/h9-10,13,15,20H,6-8,11-12,14H2,1-5H3. The van der Waals surface area contributed by atoms with Gasteiger partial charge in [-0.1, -0.05) is 26.7 Å². The molecule has 0 spiro atoms. The topological polar surface area (TPSA) is 84.9 Å². The molecule has 1 N–H and O–H groups in total. The molecular weight excluding hydrogens is 368 g/mol. The molecule has 0 heterocycles. The average molecular weight is 401 g/mol. The number of methoxy groups -OCH3 is 2. The van der Waals surface area contributed by atoms with E-state index in [1.807, 2.05) is 6.92 Å². The van der Waals surface area contributed by atoms with Crippen molar-refractivity contribution in [1.82, 2.24) is 9.62 Å². The molecule has 8 heteroatoms. The Morgan fingerprint density at radius 1 is 1.11 bits per heavy atom. The molecule has 27 heavy (non-hydrogen) atoms. The Kier molecular flexibility index (Phi) is 9.59. The predicted octanol–water partition coefficient (Wildman–Crippen LogP) is 2.66. The van der Waals surface area contributed by atoms with Gasteiger partial charge < -0.3 is 14.4 Å². The molecule has 0 atom stereocenters. The number of hydrogen-bond acceptors (Lipinski definition) is 5. The number of ether oxygens (including phenoxy) is 2. The second-order valence-electron chi connectivity index (χ2n) is 6.28. The van der Waals surface area contributed by atoms with Crippen LogP contribution in [0.4, 0.5) is 0 Å². The minimum Gasteiger partial charge on any atom is -0.493 e. The highest BCUT2D eigenvalue weighted by Gasteiger charge is 2.19. The number of nitrogens with zero attached hydrogens (tertiary/aromatic N) is 1. The summed E-state index contributed by atoms with van der Waals surface area (Å²) in [4.78, 5) is 14.3. The molecule has 0 aliphatic heterocycles. The third-order valence-corrected chi connectivity index (χ3v) is 6.12. The summed E-state index contributed by atoms with van der Waals surface area (Å²) < 4.78 is 37.7. The molecule has 0 bridgehead atoms. The first kappa shape index (κ1) is 23.2. The maximum atomic E-state index is 12.5. The summed E-state index contributed by atoms with van der Waals surface area (Å²) in [5.74, 6) is 1.21. The number of carbonyl (C=O) groups excluding carboxylic acids is 1. The average Bonchev–Trinajstić information content (AvgIpc) is 2.68. The SMILES string of the molecule is CCC(CC)CN(CC)C(=O)CCNS(=O)(=O)c1ccc(OC)c(OC)c1. The van der Waals surface area contributed by atoms with Gasteiger partial charge in [0.2, 0.25) is 15.9 Å². The molecule has 7 nitrogen and oxygen atoms in total. The Labute approximate surface area is 163 Å². The van der Waals surface area contributed by atoms with E-state index < -0.39 is 10.0 Å². The number of hydrogen-bond donors (Lipinski definition) is 1. The molecule has 0 radical (unpaired) electrons. The van der Waals surface area contributed by atoms with Gasteiger partial charge >= 0.3 is 0 Å². The van der Waals surface area contributed by atoms with Crippen LogP contribution in [-0.4, -0.2) is 53.1 Å². The Morgan fingerprint density at radius 3 is 2.26 bits per heavy atom. The number of sulfonamides is 1. The van der Waals surface area contributed by atoms with Crippen LogP contribution in [0.5, 0.6) is 11.5 Å². The number of amides is 1. The van der Waals surface area contributed by atoms with E-state index in [1.54, 1.807) is 4.90 Å².